The summed E-state index contributed by atoms with van der Waals surface area (Å²) in [6.07, 6.45) is 0. The zero-order valence-corrected chi connectivity index (χ0v) is 19.0. The van der Waals surface area contributed by atoms with E-state index >= 15 is 0 Å². The molecule has 0 spiro atoms. The van der Waals surface area contributed by atoms with Gasteiger partial charge in [-0.25, -0.2) is 0 Å². The van der Waals surface area contributed by atoms with Crippen LogP contribution in [-0.4, -0.2) is 0 Å². The molecule has 0 amide bonds. The van der Waals surface area contributed by atoms with Crippen LogP contribution in [0.25, 0.3) is 10.8 Å². The molecule has 0 bridgehead atoms. The topological polar surface area (TPSA) is 0 Å². The van der Waals surface area contributed by atoms with Crippen molar-refractivity contribution in [3.63, 3.8) is 0 Å². The van der Waals surface area contributed by atoms with E-state index < -0.39 is 5.31 Å². The fourth-order valence-electron chi connectivity index (χ4n) is 4.46. The molecule has 0 fully saturated rings. The molecule has 0 aromatic heterocycles. The van der Waals surface area contributed by atoms with Crippen LogP contribution in [0.5, 0.6) is 0 Å². The summed E-state index contributed by atoms with van der Waals surface area (Å²) in [4.78, 5) is 0. The first-order valence-corrected chi connectivity index (χ1v) is 14.4. The van der Waals surface area contributed by atoms with Crippen molar-refractivity contribution in [2.75, 3.05) is 0 Å². The zero-order chi connectivity index (χ0) is 20.5. The predicted octanol–water partition coefficient (Wildman–Crippen LogP) is 6.30. The zero-order valence-electron chi connectivity index (χ0n) is 16.5. The molecular weight excluding hydrogens is 447 g/mol. The van der Waals surface area contributed by atoms with E-state index in [2.05, 4.69) is 149 Å². The average molecular weight is 469 g/mol. The van der Waals surface area contributed by atoms with Crippen molar-refractivity contribution >= 4 is 52.8 Å². The Morgan fingerprint density at radius 1 is 0.367 bits per heavy atom. The van der Waals surface area contributed by atoms with Gasteiger partial charge in [0.2, 0.25) is 0 Å². The van der Waals surface area contributed by atoms with Gasteiger partial charge < -0.3 is 0 Å². The van der Waals surface area contributed by atoms with Gasteiger partial charge in [-0.1, -0.05) is 0 Å². The van der Waals surface area contributed by atoms with E-state index in [4.69, 9.17) is 0 Å². The third kappa shape index (κ3) is 2.77. The van der Waals surface area contributed by atoms with Gasteiger partial charge in [0.1, 0.15) is 0 Å². The van der Waals surface area contributed by atoms with Gasteiger partial charge in [-0.05, 0) is 0 Å². The van der Waals surface area contributed by atoms with Gasteiger partial charge in [-0.15, -0.1) is 0 Å². The van der Waals surface area contributed by atoms with Crippen LogP contribution in [0.3, 0.4) is 0 Å². The van der Waals surface area contributed by atoms with E-state index in [1.807, 2.05) is 0 Å². The maximum atomic E-state index is 4.54. The summed E-state index contributed by atoms with van der Waals surface area (Å²) < 4.78 is 0. The Kier molecular flexibility index (Phi) is 4.82. The molecule has 5 rings (SSSR count). The second kappa shape index (κ2) is 7.51. The standard InChI is InChI=1S/C28H22BrP/c29-30(25-14-4-1-5-15-25,26-16-6-2-7-17-26,27-18-8-3-9-19-27)28-21-20-23-12-10-11-13-24(23)22-28/h1-22H. The molecule has 0 saturated carbocycles. The summed E-state index contributed by atoms with van der Waals surface area (Å²) in [6.45, 7) is 0. The van der Waals surface area contributed by atoms with E-state index in [-0.39, 0.29) is 0 Å². The molecule has 2 heteroatoms. The van der Waals surface area contributed by atoms with Crippen LogP contribution < -0.4 is 21.2 Å². The van der Waals surface area contributed by atoms with Crippen LogP contribution in [0.15, 0.2) is 133 Å². The van der Waals surface area contributed by atoms with E-state index in [0.29, 0.717) is 0 Å². The van der Waals surface area contributed by atoms with Gasteiger partial charge in [0.15, 0.2) is 0 Å². The number of benzene rings is 5. The Labute approximate surface area is 185 Å². The Morgan fingerprint density at radius 2 is 0.767 bits per heavy atom. The van der Waals surface area contributed by atoms with Crippen LogP contribution in [-0.2, 0) is 0 Å². The first-order valence-electron chi connectivity index (χ1n) is 10.1. The molecule has 0 atom stereocenters. The number of fused-ring (bicyclic) bond motifs is 1. The minimum atomic E-state index is -3.13. The monoisotopic (exact) mass is 468 g/mol. The van der Waals surface area contributed by atoms with Gasteiger partial charge in [0.05, 0.1) is 0 Å². The summed E-state index contributed by atoms with van der Waals surface area (Å²) in [5.41, 5.74) is 0. The summed E-state index contributed by atoms with van der Waals surface area (Å²) in [6, 6.07) is 48.3. The molecule has 146 valence electrons. The number of hydrogen-bond acceptors (Lipinski definition) is 0. The molecule has 0 aliphatic carbocycles. The first-order chi connectivity index (χ1) is 14.7. The third-order valence-corrected chi connectivity index (χ3v) is 15.9. The quantitative estimate of drug-likeness (QED) is 0.271. The van der Waals surface area contributed by atoms with Crippen molar-refractivity contribution in [1.82, 2.24) is 0 Å². The van der Waals surface area contributed by atoms with E-state index in [1.165, 1.54) is 32.0 Å². The molecule has 0 nitrogen and oxygen atoms in total. The van der Waals surface area contributed by atoms with Crippen molar-refractivity contribution in [2.24, 2.45) is 0 Å². The van der Waals surface area contributed by atoms with E-state index in [9.17, 15) is 0 Å². The first kappa shape index (κ1) is 19.2. The van der Waals surface area contributed by atoms with Crippen LogP contribution in [0.2, 0.25) is 0 Å². The van der Waals surface area contributed by atoms with E-state index in [1.54, 1.807) is 0 Å². The van der Waals surface area contributed by atoms with Crippen LogP contribution in [0.4, 0.5) is 0 Å². The normalized spacial score (nSPS) is 12.9. The van der Waals surface area contributed by atoms with Crippen molar-refractivity contribution < 1.29 is 0 Å². The van der Waals surface area contributed by atoms with Crippen molar-refractivity contribution in [1.29, 1.82) is 0 Å². The molecule has 0 saturated heterocycles. The van der Waals surface area contributed by atoms with Crippen molar-refractivity contribution in [3.05, 3.63) is 133 Å². The summed E-state index contributed by atoms with van der Waals surface area (Å²) in [5, 5.41) is 4.60. The van der Waals surface area contributed by atoms with Crippen LogP contribution in [0, 0.1) is 0 Å². The minimum absolute atomic E-state index is 1.26. The van der Waals surface area contributed by atoms with Crippen molar-refractivity contribution in [2.45, 2.75) is 0 Å². The van der Waals surface area contributed by atoms with Crippen LogP contribution >= 0.6 is 20.8 Å². The third-order valence-electron chi connectivity index (χ3n) is 5.94. The molecular formula is C28H22BrP. The molecule has 5 aromatic rings. The van der Waals surface area contributed by atoms with Gasteiger partial charge in [-0.2, -0.15) is 0 Å². The second-order valence-corrected chi connectivity index (χ2v) is 15.9. The van der Waals surface area contributed by atoms with Crippen molar-refractivity contribution in [3.8, 4) is 0 Å². The average Bonchev–Trinajstić information content (AvgIpc) is 2.85. The summed E-state index contributed by atoms with van der Waals surface area (Å²) >= 11 is 4.54. The fraction of sp³-hybridized carbons (Fsp3) is 0. The molecule has 0 unspecified atom stereocenters. The number of halogens is 1. The Balaban J connectivity index is 1.99. The van der Waals surface area contributed by atoms with Crippen LogP contribution in [0.1, 0.15) is 0 Å². The molecule has 0 aliphatic rings. The SMILES string of the molecule is BrP(c1ccccc1)(c1ccccc1)(c1ccccc1)c1ccc2ccccc2c1. The van der Waals surface area contributed by atoms with E-state index in [0.717, 1.165) is 0 Å². The molecule has 30 heavy (non-hydrogen) atoms. The number of hydrogen-bond donors (Lipinski definition) is 0. The van der Waals surface area contributed by atoms with Gasteiger partial charge in [0.25, 0.3) is 0 Å². The summed E-state index contributed by atoms with van der Waals surface area (Å²) in [7, 11) is 0. The molecule has 0 aliphatic heterocycles. The molecule has 5 aromatic carbocycles. The Hall–Kier alpha value is -2.73. The molecule has 0 heterocycles. The predicted molar refractivity (Wildman–Crippen MR) is 138 cm³/mol. The second-order valence-electron chi connectivity index (χ2n) is 7.55. The van der Waals surface area contributed by atoms with Gasteiger partial charge in [-0.3, -0.25) is 0 Å². The Morgan fingerprint density at radius 3 is 1.23 bits per heavy atom. The van der Waals surface area contributed by atoms with Gasteiger partial charge in [0, 0.05) is 0 Å². The van der Waals surface area contributed by atoms with Gasteiger partial charge >= 0.3 is 186 Å². The summed E-state index contributed by atoms with van der Waals surface area (Å²) in [5.74, 6) is 0. The molecule has 0 N–H and O–H groups in total. The Bertz CT molecular complexity index is 1200. The molecule has 0 radical (unpaired) electrons. The maximum absolute atomic E-state index is 4.54. The fourth-order valence-corrected chi connectivity index (χ4v) is 12.0. The number of rotatable bonds is 4.